The van der Waals surface area contributed by atoms with Crippen LogP contribution in [0.4, 0.5) is 0 Å². The molecule has 1 unspecified atom stereocenters. The maximum absolute atomic E-state index is 11.0. The quantitative estimate of drug-likeness (QED) is 0.704. The van der Waals surface area contributed by atoms with Crippen molar-refractivity contribution >= 4 is 29.3 Å². The average Bonchev–Trinajstić information content (AvgIpc) is 2.68. The van der Waals surface area contributed by atoms with Crippen LogP contribution in [0.3, 0.4) is 0 Å². The first kappa shape index (κ1) is 14.4. The van der Waals surface area contributed by atoms with E-state index in [4.69, 9.17) is 5.11 Å². The SMILES string of the molecule is CCCNC(CCSc1nc(C)ns1)C(=O)O. The molecule has 0 saturated heterocycles. The van der Waals surface area contributed by atoms with Crippen molar-refractivity contribution in [2.45, 2.75) is 37.1 Å². The van der Waals surface area contributed by atoms with E-state index in [9.17, 15) is 4.79 Å². The molecule has 0 aliphatic heterocycles. The van der Waals surface area contributed by atoms with Crippen molar-refractivity contribution in [1.82, 2.24) is 14.7 Å². The van der Waals surface area contributed by atoms with E-state index in [0.717, 1.165) is 28.9 Å². The third-order valence-corrected chi connectivity index (χ3v) is 4.04. The van der Waals surface area contributed by atoms with Gasteiger partial charge in [-0.25, -0.2) is 4.98 Å². The van der Waals surface area contributed by atoms with Gasteiger partial charge in [0.05, 0.1) is 0 Å². The van der Waals surface area contributed by atoms with Crippen LogP contribution < -0.4 is 5.32 Å². The number of carboxylic acid groups (broad SMARTS) is 1. The molecule has 1 atom stereocenters. The maximum Gasteiger partial charge on any atom is 0.320 e. The van der Waals surface area contributed by atoms with Crippen molar-refractivity contribution in [2.75, 3.05) is 12.3 Å². The number of aromatic nitrogens is 2. The highest BCUT2D eigenvalue weighted by Gasteiger charge is 2.16. The molecule has 0 radical (unpaired) electrons. The Hall–Kier alpha value is -0.660. The highest BCUT2D eigenvalue weighted by atomic mass is 32.2. The number of nitrogens with one attached hydrogen (secondary N) is 1. The summed E-state index contributed by atoms with van der Waals surface area (Å²) in [5, 5.41) is 12.0. The van der Waals surface area contributed by atoms with Crippen LogP contribution >= 0.6 is 23.3 Å². The van der Waals surface area contributed by atoms with E-state index in [-0.39, 0.29) is 0 Å². The minimum absolute atomic E-state index is 0.462. The van der Waals surface area contributed by atoms with Crippen LogP contribution in [0.25, 0.3) is 0 Å². The van der Waals surface area contributed by atoms with Gasteiger partial charge in [-0.1, -0.05) is 18.7 Å². The Kier molecular flexibility index (Phi) is 6.46. The summed E-state index contributed by atoms with van der Waals surface area (Å²) >= 11 is 2.92. The van der Waals surface area contributed by atoms with E-state index in [0.29, 0.717) is 6.42 Å². The molecule has 0 fully saturated rings. The maximum atomic E-state index is 11.0. The summed E-state index contributed by atoms with van der Waals surface area (Å²) in [6, 6.07) is -0.462. The second-order valence-electron chi connectivity index (χ2n) is 3.59. The van der Waals surface area contributed by atoms with Gasteiger partial charge in [-0.05, 0) is 37.8 Å². The summed E-state index contributed by atoms with van der Waals surface area (Å²) in [7, 11) is 0. The van der Waals surface area contributed by atoms with Gasteiger partial charge in [-0.3, -0.25) is 4.79 Å². The van der Waals surface area contributed by atoms with E-state index < -0.39 is 12.0 Å². The summed E-state index contributed by atoms with van der Waals surface area (Å²) < 4.78 is 4.98. The fourth-order valence-corrected chi connectivity index (χ4v) is 2.95. The molecule has 5 nitrogen and oxygen atoms in total. The van der Waals surface area contributed by atoms with Gasteiger partial charge in [-0.2, -0.15) is 4.37 Å². The molecule has 0 bridgehead atoms. The minimum Gasteiger partial charge on any atom is -0.480 e. The highest BCUT2D eigenvalue weighted by Crippen LogP contribution is 2.20. The Bertz CT molecular complexity index is 357. The fraction of sp³-hybridized carbons (Fsp3) is 0.700. The van der Waals surface area contributed by atoms with Gasteiger partial charge in [0.1, 0.15) is 11.9 Å². The van der Waals surface area contributed by atoms with Crippen molar-refractivity contribution in [3.63, 3.8) is 0 Å². The normalized spacial score (nSPS) is 12.6. The minimum atomic E-state index is -0.785. The van der Waals surface area contributed by atoms with E-state index in [1.165, 1.54) is 11.5 Å². The lowest BCUT2D eigenvalue weighted by Crippen LogP contribution is -2.37. The van der Waals surface area contributed by atoms with Gasteiger partial charge in [0.2, 0.25) is 0 Å². The number of hydrogen-bond acceptors (Lipinski definition) is 6. The second-order valence-corrected chi connectivity index (χ2v) is 5.68. The Morgan fingerprint density at radius 1 is 1.65 bits per heavy atom. The summed E-state index contributed by atoms with van der Waals surface area (Å²) in [6.07, 6.45) is 1.53. The van der Waals surface area contributed by atoms with E-state index in [1.54, 1.807) is 11.8 Å². The molecule has 0 amide bonds. The number of rotatable bonds is 8. The predicted molar refractivity (Wildman–Crippen MR) is 69.7 cm³/mol. The number of aliphatic carboxylic acids is 1. The zero-order valence-corrected chi connectivity index (χ0v) is 11.6. The van der Waals surface area contributed by atoms with Crippen molar-refractivity contribution in [3.8, 4) is 0 Å². The molecule has 1 heterocycles. The van der Waals surface area contributed by atoms with Crippen LogP contribution in [0.5, 0.6) is 0 Å². The summed E-state index contributed by atoms with van der Waals surface area (Å²) in [5.41, 5.74) is 0. The molecular weight excluding hydrogens is 258 g/mol. The standard InChI is InChI=1S/C10H17N3O2S2/c1-3-5-11-8(9(14)15)4-6-16-10-12-7(2)13-17-10/h8,11H,3-6H2,1-2H3,(H,14,15). The molecule has 1 aromatic heterocycles. The molecule has 0 spiro atoms. The van der Waals surface area contributed by atoms with Crippen LogP contribution in [-0.4, -0.2) is 38.8 Å². The Balaban J connectivity index is 2.29. The van der Waals surface area contributed by atoms with Crippen LogP contribution in [0.1, 0.15) is 25.6 Å². The molecule has 0 aliphatic rings. The van der Waals surface area contributed by atoms with Crippen molar-refractivity contribution in [2.24, 2.45) is 0 Å². The zero-order chi connectivity index (χ0) is 12.7. The van der Waals surface area contributed by atoms with Crippen molar-refractivity contribution < 1.29 is 9.90 Å². The summed E-state index contributed by atoms with van der Waals surface area (Å²) in [4.78, 5) is 15.2. The molecule has 7 heteroatoms. The predicted octanol–water partition coefficient (Wildman–Crippen LogP) is 1.78. The first-order valence-electron chi connectivity index (χ1n) is 5.52. The molecule has 17 heavy (non-hydrogen) atoms. The molecule has 96 valence electrons. The fourth-order valence-electron chi connectivity index (χ4n) is 1.23. The van der Waals surface area contributed by atoms with Gasteiger partial charge < -0.3 is 10.4 Å². The monoisotopic (exact) mass is 275 g/mol. The Labute approximate surface area is 109 Å². The van der Waals surface area contributed by atoms with Crippen LogP contribution in [0.2, 0.25) is 0 Å². The molecule has 1 aromatic rings. The summed E-state index contributed by atoms with van der Waals surface area (Å²) in [5.74, 6) is 0.728. The van der Waals surface area contributed by atoms with Gasteiger partial charge in [0.25, 0.3) is 0 Å². The third kappa shape index (κ3) is 5.47. The first-order valence-corrected chi connectivity index (χ1v) is 7.28. The van der Waals surface area contributed by atoms with Crippen LogP contribution in [0, 0.1) is 6.92 Å². The highest BCUT2D eigenvalue weighted by molar-refractivity contribution is 8.00. The smallest absolute Gasteiger partial charge is 0.320 e. The molecular formula is C10H17N3O2S2. The van der Waals surface area contributed by atoms with Gasteiger partial charge in [0.15, 0.2) is 4.34 Å². The number of aryl methyl sites for hydroxylation is 1. The molecule has 1 rings (SSSR count). The number of carboxylic acids is 1. The number of nitrogens with zero attached hydrogens (tertiary/aromatic N) is 2. The second kappa shape index (κ2) is 7.62. The van der Waals surface area contributed by atoms with E-state index in [1.807, 2.05) is 13.8 Å². The van der Waals surface area contributed by atoms with Gasteiger partial charge in [0, 0.05) is 5.75 Å². The Morgan fingerprint density at radius 2 is 2.41 bits per heavy atom. The Morgan fingerprint density at radius 3 is 2.94 bits per heavy atom. The van der Waals surface area contributed by atoms with Crippen LogP contribution in [-0.2, 0) is 4.79 Å². The zero-order valence-electron chi connectivity index (χ0n) is 9.97. The number of hydrogen-bond donors (Lipinski definition) is 2. The number of thioether (sulfide) groups is 1. The lowest BCUT2D eigenvalue weighted by molar-refractivity contribution is -0.139. The molecule has 0 aromatic carbocycles. The van der Waals surface area contributed by atoms with E-state index >= 15 is 0 Å². The lowest BCUT2D eigenvalue weighted by Gasteiger charge is -2.12. The van der Waals surface area contributed by atoms with Crippen LogP contribution in [0.15, 0.2) is 4.34 Å². The van der Waals surface area contributed by atoms with Crippen molar-refractivity contribution in [3.05, 3.63) is 5.82 Å². The van der Waals surface area contributed by atoms with E-state index in [2.05, 4.69) is 14.7 Å². The summed E-state index contributed by atoms with van der Waals surface area (Å²) in [6.45, 7) is 4.60. The third-order valence-electron chi connectivity index (χ3n) is 2.08. The largest absolute Gasteiger partial charge is 0.480 e. The molecule has 2 N–H and O–H groups in total. The molecule has 0 saturated carbocycles. The van der Waals surface area contributed by atoms with Crippen molar-refractivity contribution in [1.29, 1.82) is 0 Å². The molecule has 0 aliphatic carbocycles. The van der Waals surface area contributed by atoms with Gasteiger partial charge >= 0.3 is 5.97 Å². The number of carbonyl (C=O) groups is 1. The average molecular weight is 275 g/mol. The van der Waals surface area contributed by atoms with Gasteiger partial charge in [-0.15, -0.1) is 0 Å². The topological polar surface area (TPSA) is 75.1 Å². The first-order chi connectivity index (χ1) is 8.13. The lowest BCUT2D eigenvalue weighted by atomic mass is 10.2.